The molecule has 0 aliphatic heterocycles. The van der Waals surface area contributed by atoms with E-state index in [1.807, 2.05) is 13.0 Å². The average Bonchev–Trinajstić information content (AvgIpc) is 2.13. The van der Waals surface area contributed by atoms with Crippen molar-refractivity contribution in [1.82, 2.24) is 0 Å². The van der Waals surface area contributed by atoms with Crippen LogP contribution in [0.15, 0.2) is 16.6 Å². The zero-order valence-corrected chi connectivity index (χ0v) is 10.3. The van der Waals surface area contributed by atoms with Crippen molar-refractivity contribution in [3.8, 4) is 0 Å². The molecule has 1 rings (SSSR count). The Morgan fingerprint density at radius 1 is 1.53 bits per heavy atom. The molecule has 5 N–H and O–H groups in total. The largest absolute Gasteiger partial charge is 0.398 e. The van der Waals surface area contributed by atoms with Crippen molar-refractivity contribution < 1.29 is 4.79 Å². The van der Waals surface area contributed by atoms with Crippen LogP contribution in [0, 0.1) is 6.92 Å². The highest BCUT2D eigenvalue weighted by atomic mass is 79.9. The van der Waals surface area contributed by atoms with Crippen molar-refractivity contribution >= 4 is 33.2 Å². The Morgan fingerprint density at radius 2 is 2.13 bits per heavy atom. The summed E-state index contributed by atoms with van der Waals surface area (Å²) < 4.78 is 0.818. The first kappa shape index (κ1) is 11.8. The Kier molecular flexibility index (Phi) is 3.57. The highest BCUT2D eigenvalue weighted by Crippen LogP contribution is 2.28. The van der Waals surface area contributed by atoms with E-state index in [9.17, 15) is 4.79 Å². The molecule has 0 spiro atoms. The van der Waals surface area contributed by atoms with Crippen molar-refractivity contribution in [3.05, 3.63) is 22.2 Å². The van der Waals surface area contributed by atoms with E-state index >= 15 is 0 Å². The van der Waals surface area contributed by atoms with Crippen molar-refractivity contribution in [2.75, 3.05) is 11.1 Å². The number of amides is 1. The second-order valence-electron chi connectivity index (χ2n) is 3.46. The van der Waals surface area contributed by atoms with Crippen molar-refractivity contribution in [2.45, 2.75) is 19.9 Å². The molecule has 4 nitrogen and oxygen atoms in total. The number of hydrogen-bond acceptors (Lipinski definition) is 3. The molecule has 1 aromatic rings. The predicted octanol–water partition coefficient (Wildman–Crippen LogP) is 1.63. The molecule has 0 aromatic heterocycles. The van der Waals surface area contributed by atoms with Gasteiger partial charge in [0.25, 0.3) is 0 Å². The van der Waals surface area contributed by atoms with E-state index in [0.29, 0.717) is 5.69 Å². The van der Waals surface area contributed by atoms with Crippen LogP contribution >= 0.6 is 15.9 Å². The third kappa shape index (κ3) is 2.86. The van der Waals surface area contributed by atoms with Gasteiger partial charge in [0, 0.05) is 15.8 Å². The van der Waals surface area contributed by atoms with Crippen LogP contribution in [0.1, 0.15) is 12.5 Å². The minimum absolute atomic E-state index is 0.392. The Morgan fingerprint density at radius 3 is 2.67 bits per heavy atom. The summed E-state index contributed by atoms with van der Waals surface area (Å²) in [7, 11) is 0. The topological polar surface area (TPSA) is 81.1 Å². The highest BCUT2D eigenvalue weighted by molar-refractivity contribution is 9.10. The third-order valence-electron chi connectivity index (χ3n) is 2.15. The van der Waals surface area contributed by atoms with Crippen molar-refractivity contribution in [3.63, 3.8) is 0 Å². The molecule has 1 unspecified atom stereocenters. The standard InChI is InChI=1S/C10H14BrN3O/c1-5-3-9(7(11)4-8(5)12)14-6(2)10(13)15/h3-4,6,14H,12H2,1-2H3,(H2,13,15). The average molecular weight is 272 g/mol. The molecule has 0 aliphatic carbocycles. The van der Waals surface area contributed by atoms with Gasteiger partial charge in [-0.15, -0.1) is 0 Å². The fourth-order valence-electron chi connectivity index (χ4n) is 1.11. The fourth-order valence-corrected chi connectivity index (χ4v) is 1.59. The number of nitrogen functional groups attached to an aromatic ring is 1. The number of anilines is 2. The molecule has 82 valence electrons. The van der Waals surface area contributed by atoms with Gasteiger partial charge in [-0.2, -0.15) is 0 Å². The lowest BCUT2D eigenvalue weighted by Gasteiger charge is -2.14. The van der Waals surface area contributed by atoms with Gasteiger partial charge in [0.1, 0.15) is 6.04 Å². The maximum atomic E-state index is 10.9. The molecule has 0 saturated carbocycles. The Labute approximate surface area is 97.1 Å². The van der Waals surface area contributed by atoms with E-state index in [1.54, 1.807) is 13.0 Å². The molecule has 1 amide bonds. The molecule has 0 radical (unpaired) electrons. The van der Waals surface area contributed by atoms with Gasteiger partial charge in [0.05, 0.1) is 0 Å². The van der Waals surface area contributed by atoms with Gasteiger partial charge < -0.3 is 16.8 Å². The van der Waals surface area contributed by atoms with Crippen molar-refractivity contribution in [1.29, 1.82) is 0 Å². The SMILES string of the molecule is Cc1cc(NC(C)C(N)=O)c(Br)cc1N. The van der Waals surface area contributed by atoms with Crippen LogP contribution in [0.5, 0.6) is 0 Å². The molecule has 5 heteroatoms. The molecule has 0 saturated heterocycles. The second-order valence-corrected chi connectivity index (χ2v) is 4.31. The normalized spacial score (nSPS) is 12.2. The van der Waals surface area contributed by atoms with E-state index < -0.39 is 11.9 Å². The molecular weight excluding hydrogens is 258 g/mol. The molecule has 1 atom stereocenters. The molecule has 0 heterocycles. The van der Waals surface area contributed by atoms with E-state index in [0.717, 1.165) is 15.7 Å². The number of aryl methyl sites for hydroxylation is 1. The number of carbonyl (C=O) groups excluding carboxylic acids is 1. The summed E-state index contributed by atoms with van der Waals surface area (Å²) in [5.74, 6) is -0.392. The van der Waals surface area contributed by atoms with Crippen LogP contribution in [-0.4, -0.2) is 11.9 Å². The maximum Gasteiger partial charge on any atom is 0.239 e. The highest BCUT2D eigenvalue weighted by Gasteiger charge is 2.10. The van der Waals surface area contributed by atoms with E-state index in [-0.39, 0.29) is 0 Å². The second kappa shape index (κ2) is 4.53. The van der Waals surface area contributed by atoms with Gasteiger partial charge in [-0.3, -0.25) is 4.79 Å². The van der Waals surface area contributed by atoms with Gasteiger partial charge in [-0.05, 0) is 47.5 Å². The van der Waals surface area contributed by atoms with E-state index in [2.05, 4.69) is 21.2 Å². The summed E-state index contributed by atoms with van der Waals surface area (Å²) in [6.45, 7) is 3.61. The lowest BCUT2D eigenvalue weighted by Crippen LogP contribution is -2.32. The van der Waals surface area contributed by atoms with Crippen LogP contribution in [0.4, 0.5) is 11.4 Å². The summed E-state index contributed by atoms with van der Waals surface area (Å²) in [4.78, 5) is 10.9. The maximum absolute atomic E-state index is 10.9. The number of nitrogens with two attached hydrogens (primary N) is 2. The fraction of sp³-hybridized carbons (Fsp3) is 0.300. The molecule has 1 aromatic carbocycles. The number of hydrogen-bond donors (Lipinski definition) is 3. The van der Waals surface area contributed by atoms with Gasteiger partial charge in [-0.25, -0.2) is 0 Å². The van der Waals surface area contributed by atoms with Gasteiger partial charge in [-0.1, -0.05) is 0 Å². The molecule has 0 aliphatic rings. The molecular formula is C10H14BrN3O. The van der Waals surface area contributed by atoms with Crippen LogP contribution in [0.25, 0.3) is 0 Å². The molecule has 0 fully saturated rings. The number of carbonyl (C=O) groups is 1. The Bertz CT molecular complexity index is 392. The number of halogens is 1. The summed E-state index contributed by atoms with van der Waals surface area (Å²) in [5.41, 5.74) is 13.4. The first-order valence-electron chi connectivity index (χ1n) is 4.53. The van der Waals surface area contributed by atoms with Crippen LogP contribution in [-0.2, 0) is 4.79 Å². The first-order valence-corrected chi connectivity index (χ1v) is 5.32. The minimum atomic E-state index is -0.413. The monoisotopic (exact) mass is 271 g/mol. The first-order chi connectivity index (χ1) is 6.91. The molecule has 15 heavy (non-hydrogen) atoms. The summed E-state index contributed by atoms with van der Waals surface area (Å²) in [6, 6.07) is 3.26. The number of nitrogens with one attached hydrogen (secondary N) is 1. The van der Waals surface area contributed by atoms with E-state index in [4.69, 9.17) is 11.5 Å². The quantitative estimate of drug-likeness (QED) is 0.731. The zero-order chi connectivity index (χ0) is 11.6. The van der Waals surface area contributed by atoms with E-state index in [1.165, 1.54) is 0 Å². The number of rotatable bonds is 3. The predicted molar refractivity (Wildman–Crippen MR) is 65.6 cm³/mol. The molecule has 0 bridgehead atoms. The van der Waals surface area contributed by atoms with Gasteiger partial charge in [0.15, 0.2) is 0 Å². The van der Waals surface area contributed by atoms with Gasteiger partial charge >= 0.3 is 0 Å². The number of benzene rings is 1. The lowest BCUT2D eigenvalue weighted by molar-refractivity contribution is -0.118. The third-order valence-corrected chi connectivity index (χ3v) is 2.81. The van der Waals surface area contributed by atoms with Crippen LogP contribution in [0.2, 0.25) is 0 Å². The minimum Gasteiger partial charge on any atom is -0.398 e. The Balaban J connectivity index is 2.95. The summed E-state index contributed by atoms with van der Waals surface area (Å²) in [5, 5.41) is 3.00. The van der Waals surface area contributed by atoms with Crippen LogP contribution in [0.3, 0.4) is 0 Å². The summed E-state index contributed by atoms with van der Waals surface area (Å²) in [6.07, 6.45) is 0. The lowest BCUT2D eigenvalue weighted by atomic mass is 10.1. The van der Waals surface area contributed by atoms with Gasteiger partial charge in [0.2, 0.25) is 5.91 Å². The zero-order valence-electron chi connectivity index (χ0n) is 8.67. The number of primary amides is 1. The van der Waals surface area contributed by atoms with Crippen molar-refractivity contribution in [2.24, 2.45) is 5.73 Å². The Hall–Kier alpha value is -1.23. The summed E-state index contributed by atoms with van der Waals surface area (Å²) >= 11 is 3.36. The smallest absolute Gasteiger partial charge is 0.239 e. The van der Waals surface area contributed by atoms with Crippen LogP contribution < -0.4 is 16.8 Å².